The smallest absolute Gasteiger partial charge is 0.306 e. The number of carbonyl (C=O) groups is 3. The molecule has 0 aliphatic heterocycles. The number of hydrogen-bond donors (Lipinski definition) is 0. The molecule has 1 unspecified atom stereocenters. The van der Waals surface area contributed by atoms with Gasteiger partial charge in [0.05, 0.1) is 0 Å². The van der Waals surface area contributed by atoms with Gasteiger partial charge in [0.1, 0.15) is 13.2 Å². The van der Waals surface area contributed by atoms with Gasteiger partial charge in [-0.15, -0.1) is 0 Å². The summed E-state index contributed by atoms with van der Waals surface area (Å²) >= 11 is 0. The van der Waals surface area contributed by atoms with E-state index < -0.39 is 6.10 Å². The summed E-state index contributed by atoms with van der Waals surface area (Å²) in [6.07, 6.45) is 68.8. The molecule has 0 rings (SSSR count). The second-order valence-corrected chi connectivity index (χ2v) is 18.5. The number of unbranched alkanes of at least 4 members (excludes halogenated alkanes) is 27. The number of esters is 3. The lowest BCUT2D eigenvalue weighted by atomic mass is 10.0. The van der Waals surface area contributed by atoms with Gasteiger partial charge in [-0.3, -0.25) is 14.4 Å². The summed E-state index contributed by atoms with van der Waals surface area (Å²) in [6.45, 7) is 6.49. The minimum atomic E-state index is -0.788. The first-order chi connectivity index (χ1) is 32.5. The van der Waals surface area contributed by atoms with E-state index in [2.05, 4.69) is 93.7 Å². The molecular formula is C60H104O6. The van der Waals surface area contributed by atoms with E-state index >= 15 is 0 Å². The molecule has 0 aliphatic carbocycles. The molecule has 0 aromatic heterocycles. The van der Waals surface area contributed by atoms with E-state index in [9.17, 15) is 14.4 Å². The fourth-order valence-electron chi connectivity index (χ4n) is 7.76. The average Bonchev–Trinajstić information content (AvgIpc) is 3.31. The van der Waals surface area contributed by atoms with Gasteiger partial charge in [-0.2, -0.15) is 0 Å². The van der Waals surface area contributed by atoms with Crippen LogP contribution < -0.4 is 0 Å². The molecule has 66 heavy (non-hydrogen) atoms. The Bertz CT molecular complexity index is 1240. The molecule has 0 amide bonds. The molecule has 6 heteroatoms. The van der Waals surface area contributed by atoms with E-state index in [0.717, 1.165) is 109 Å². The zero-order chi connectivity index (χ0) is 47.9. The molecule has 0 aromatic rings. The maximum atomic E-state index is 12.8. The molecule has 380 valence electrons. The van der Waals surface area contributed by atoms with Crippen molar-refractivity contribution in [3.63, 3.8) is 0 Å². The predicted octanol–water partition coefficient (Wildman–Crippen LogP) is 18.6. The Morgan fingerprint density at radius 3 is 0.955 bits per heavy atom. The third kappa shape index (κ3) is 51.8. The van der Waals surface area contributed by atoms with Crippen LogP contribution in [0.4, 0.5) is 0 Å². The third-order valence-electron chi connectivity index (χ3n) is 11.9. The highest BCUT2D eigenvalue weighted by Crippen LogP contribution is 2.15. The lowest BCUT2D eigenvalue weighted by molar-refractivity contribution is -0.167. The van der Waals surface area contributed by atoms with Crippen molar-refractivity contribution >= 4 is 17.9 Å². The van der Waals surface area contributed by atoms with E-state index in [0.29, 0.717) is 19.3 Å². The highest BCUT2D eigenvalue weighted by Gasteiger charge is 2.19. The van der Waals surface area contributed by atoms with E-state index in [4.69, 9.17) is 14.2 Å². The van der Waals surface area contributed by atoms with Gasteiger partial charge in [-0.1, -0.05) is 235 Å². The molecule has 0 N–H and O–H groups in total. The van der Waals surface area contributed by atoms with Crippen LogP contribution in [-0.2, 0) is 28.6 Å². The van der Waals surface area contributed by atoms with Crippen molar-refractivity contribution in [3.8, 4) is 0 Å². The summed E-state index contributed by atoms with van der Waals surface area (Å²) in [5, 5.41) is 0. The van der Waals surface area contributed by atoms with Crippen LogP contribution in [0.3, 0.4) is 0 Å². The quantitative estimate of drug-likeness (QED) is 0.0262. The van der Waals surface area contributed by atoms with Crippen LogP contribution >= 0.6 is 0 Å². The Labute approximate surface area is 408 Å². The molecule has 0 spiro atoms. The van der Waals surface area contributed by atoms with E-state index in [-0.39, 0.29) is 31.1 Å². The summed E-state index contributed by atoms with van der Waals surface area (Å²) < 4.78 is 16.8. The first-order valence-corrected chi connectivity index (χ1v) is 27.9. The lowest BCUT2D eigenvalue weighted by Gasteiger charge is -2.18. The van der Waals surface area contributed by atoms with Crippen LogP contribution in [0.25, 0.3) is 0 Å². The Hall–Kier alpha value is -3.15. The van der Waals surface area contributed by atoms with Crippen LogP contribution in [0.2, 0.25) is 0 Å². The van der Waals surface area contributed by atoms with E-state index in [1.807, 2.05) is 0 Å². The molecular weight excluding hydrogens is 817 g/mol. The van der Waals surface area contributed by atoms with Crippen molar-refractivity contribution in [2.45, 2.75) is 277 Å². The number of carbonyl (C=O) groups excluding carboxylic acids is 3. The average molecular weight is 921 g/mol. The third-order valence-corrected chi connectivity index (χ3v) is 11.9. The van der Waals surface area contributed by atoms with Gasteiger partial charge in [-0.05, 0) is 89.9 Å². The summed E-state index contributed by atoms with van der Waals surface area (Å²) in [5.41, 5.74) is 0. The Balaban J connectivity index is 4.43. The van der Waals surface area contributed by atoms with Crippen molar-refractivity contribution in [1.29, 1.82) is 0 Å². The molecule has 0 radical (unpaired) electrons. The fraction of sp³-hybridized carbons (Fsp3) is 0.750. The summed E-state index contributed by atoms with van der Waals surface area (Å²) in [7, 11) is 0. The first kappa shape index (κ1) is 62.8. The van der Waals surface area contributed by atoms with Gasteiger partial charge >= 0.3 is 17.9 Å². The largest absolute Gasteiger partial charge is 0.462 e. The van der Waals surface area contributed by atoms with Crippen LogP contribution in [0, 0.1) is 0 Å². The van der Waals surface area contributed by atoms with Crippen molar-refractivity contribution in [2.75, 3.05) is 13.2 Å². The highest BCUT2D eigenvalue weighted by molar-refractivity contribution is 5.71. The monoisotopic (exact) mass is 921 g/mol. The molecule has 0 aromatic carbocycles. The second-order valence-electron chi connectivity index (χ2n) is 18.5. The van der Waals surface area contributed by atoms with Gasteiger partial charge in [0, 0.05) is 19.3 Å². The van der Waals surface area contributed by atoms with E-state index in [1.165, 1.54) is 122 Å². The zero-order valence-electron chi connectivity index (χ0n) is 43.4. The van der Waals surface area contributed by atoms with Crippen LogP contribution in [0.15, 0.2) is 72.9 Å². The topological polar surface area (TPSA) is 78.9 Å². The molecule has 0 saturated carbocycles. The van der Waals surface area contributed by atoms with Crippen molar-refractivity contribution in [1.82, 2.24) is 0 Å². The molecule has 1 atom stereocenters. The van der Waals surface area contributed by atoms with Crippen LogP contribution in [0.1, 0.15) is 271 Å². The van der Waals surface area contributed by atoms with Crippen molar-refractivity contribution in [2.24, 2.45) is 0 Å². The number of ether oxygens (including phenoxy) is 3. The number of rotatable bonds is 50. The van der Waals surface area contributed by atoms with Gasteiger partial charge in [0.25, 0.3) is 0 Å². The van der Waals surface area contributed by atoms with Gasteiger partial charge in [0.15, 0.2) is 6.10 Å². The van der Waals surface area contributed by atoms with Gasteiger partial charge < -0.3 is 14.2 Å². The lowest BCUT2D eigenvalue weighted by Crippen LogP contribution is -2.30. The van der Waals surface area contributed by atoms with Crippen molar-refractivity contribution in [3.05, 3.63) is 72.9 Å². The van der Waals surface area contributed by atoms with Gasteiger partial charge in [-0.25, -0.2) is 0 Å². The SMILES string of the molecule is CC/C=C\C/C=C\C/C=C\C/C=C\CCCCCCC(=O)OCC(COC(=O)CCCCCCCCCCCCCCCC)OC(=O)CCCCCCCCC/C=C\C/C=C\CCCCC. The number of hydrogen-bond acceptors (Lipinski definition) is 6. The van der Waals surface area contributed by atoms with Crippen LogP contribution in [-0.4, -0.2) is 37.2 Å². The molecule has 0 heterocycles. The second kappa shape index (κ2) is 54.5. The highest BCUT2D eigenvalue weighted by atomic mass is 16.6. The van der Waals surface area contributed by atoms with Crippen LogP contribution in [0.5, 0.6) is 0 Å². The normalized spacial score (nSPS) is 12.6. The zero-order valence-corrected chi connectivity index (χ0v) is 43.4. The Morgan fingerprint density at radius 2 is 0.591 bits per heavy atom. The molecule has 0 saturated heterocycles. The summed E-state index contributed by atoms with van der Waals surface area (Å²) in [6, 6.07) is 0. The molecule has 6 nitrogen and oxygen atoms in total. The molecule has 0 bridgehead atoms. The Kier molecular flexibility index (Phi) is 51.9. The minimum Gasteiger partial charge on any atom is -0.462 e. The summed E-state index contributed by atoms with van der Waals surface area (Å²) in [4.78, 5) is 38.1. The molecule has 0 fully saturated rings. The predicted molar refractivity (Wildman–Crippen MR) is 284 cm³/mol. The maximum absolute atomic E-state index is 12.8. The minimum absolute atomic E-state index is 0.0846. The fourth-order valence-corrected chi connectivity index (χ4v) is 7.76. The Morgan fingerprint density at radius 1 is 0.318 bits per heavy atom. The van der Waals surface area contributed by atoms with E-state index in [1.54, 1.807) is 0 Å². The standard InChI is InChI=1S/C60H104O6/c1-4-7-10-13-16-19-22-25-28-30-32-35-38-41-44-47-50-53-59(62)65-56-57(55-64-58(61)52-49-46-43-40-37-34-27-24-21-18-15-12-9-6-3)66-60(63)54-51-48-45-42-39-36-33-31-29-26-23-20-17-14-11-8-5-2/h7,10,16-17,19-20,25-26,28-29,32,35,57H,4-6,8-9,11-15,18,21-24,27,30-31,33-34,36-56H2,1-3H3/b10-7-,19-16-,20-17-,28-25-,29-26-,35-32-. The summed E-state index contributed by atoms with van der Waals surface area (Å²) in [5.74, 6) is -0.909. The maximum Gasteiger partial charge on any atom is 0.306 e. The van der Waals surface area contributed by atoms with Gasteiger partial charge in [0.2, 0.25) is 0 Å². The number of allylic oxidation sites excluding steroid dienone is 12. The molecule has 0 aliphatic rings. The first-order valence-electron chi connectivity index (χ1n) is 27.9. The van der Waals surface area contributed by atoms with Crippen molar-refractivity contribution < 1.29 is 28.6 Å².